The first kappa shape index (κ1) is 29.9. The molecule has 2 N–H and O–H groups in total. The van der Waals surface area contributed by atoms with E-state index in [2.05, 4.69) is 38.2 Å². The van der Waals surface area contributed by atoms with Crippen molar-refractivity contribution in [3.63, 3.8) is 0 Å². The Balaban J connectivity index is 0. The number of hydrogen-bond donors (Lipinski definition) is 2. The molecule has 0 aromatic rings. The van der Waals surface area contributed by atoms with Gasteiger partial charge in [0.1, 0.15) is 6.04 Å². The molecule has 0 aliphatic heterocycles. The predicted molar refractivity (Wildman–Crippen MR) is 125 cm³/mol. The third-order valence-electron chi connectivity index (χ3n) is 5.21. The Morgan fingerprint density at radius 3 is 1.79 bits per heavy atom. The van der Waals surface area contributed by atoms with Crippen LogP contribution in [-0.2, 0) is 9.59 Å². The minimum Gasteiger partial charge on any atom is -0.480 e. The van der Waals surface area contributed by atoms with Crippen molar-refractivity contribution in [3.05, 3.63) is 12.2 Å². The molecular formula is C25H49NO3. The molecule has 0 heterocycles. The van der Waals surface area contributed by atoms with Crippen molar-refractivity contribution in [2.45, 2.75) is 131 Å². The number of aliphatic carboxylic acids is 1. The minimum atomic E-state index is -0.939. The van der Waals surface area contributed by atoms with Crippen molar-refractivity contribution in [1.29, 1.82) is 0 Å². The number of rotatable bonds is 17. The van der Waals surface area contributed by atoms with Gasteiger partial charge in [-0.1, -0.05) is 98.1 Å². The normalized spacial score (nSPS) is 12.9. The molecule has 0 radical (unpaired) electrons. The smallest absolute Gasteiger partial charge is 0.326 e. The molecule has 0 saturated carbocycles. The van der Waals surface area contributed by atoms with Crippen molar-refractivity contribution in [1.82, 2.24) is 5.32 Å². The van der Waals surface area contributed by atoms with Gasteiger partial charge in [-0.25, -0.2) is 4.79 Å². The molecule has 0 fully saturated rings. The third kappa shape index (κ3) is 21.2. The van der Waals surface area contributed by atoms with Gasteiger partial charge in [-0.2, -0.15) is 0 Å². The molecule has 4 heteroatoms. The highest BCUT2D eigenvalue weighted by atomic mass is 16.4. The second-order valence-electron chi connectivity index (χ2n) is 8.04. The van der Waals surface area contributed by atoms with E-state index in [0.29, 0.717) is 6.42 Å². The average Bonchev–Trinajstić information content (AvgIpc) is 2.72. The van der Waals surface area contributed by atoms with Crippen LogP contribution in [0.3, 0.4) is 0 Å². The fourth-order valence-electron chi connectivity index (χ4n) is 2.75. The van der Waals surface area contributed by atoms with Crippen molar-refractivity contribution < 1.29 is 14.7 Å². The zero-order valence-corrected chi connectivity index (χ0v) is 20.0. The average molecular weight is 412 g/mol. The first-order valence-electron chi connectivity index (χ1n) is 12.1. The molecule has 0 saturated heterocycles. The van der Waals surface area contributed by atoms with E-state index in [4.69, 9.17) is 0 Å². The second kappa shape index (κ2) is 23.0. The Kier molecular flexibility index (Phi) is 23.7. The van der Waals surface area contributed by atoms with Crippen LogP contribution >= 0.6 is 0 Å². The highest BCUT2D eigenvalue weighted by Gasteiger charge is 2.24. The lowest BCUT2D eigenvalue weighted by Gasteiger charge is -2.20. The van der Waals surface area contributed by atoms with Crippen molar-refractivity contribution in [2.24, 2.45) is 5.92 Å². The fourth-order valence-corrected chi connectivity index (χ4v) is 2.75. The molecule has 0 aliphatic rings. The van der Waals surface area contributed by atoms with Crippen LogP contribution in [-0.4, -0.2) is 23.0 Å². The molecule has 1 amide bonds. The summed E-state index contributed by atoms with van der Waals surface area (Å²) in [5.41, 5.74) is 0. The third-order valence-corrected chi connectivity index (χ3v) is 5.21. The van der Waals surface area contributed by atoms with E-state index in [1.807, 2.05) is 13.8 Å². The van der Waals surface area contributed by atoms with Crippen LogP contribution in [0.4, 0.5) is 0 Å². The first-order valence-corrected chi connectivity index (χ1v) is 12.1. The molecule has 29 heavy (non-hydrogen) atoms. The summed E-state index contributed by atoms with van der Waals surface area (Å²) in [5.74, 6) is -1.12. The van der Waals surface area contributed by atoms with Gasteiger partial charge in [0, 0.05) is 6.42 Å². The van der Waals surface area contributed by atoms with Gasteiger partial charge in [0.15, 0.2) is 0 Å². The Morgan fingerprint density at radius 1 is 0.793 bits per heavy atom. The summed E-state index contributed by atoms with van der Waals surface area (Å²) in [5, 5.41) is 11.8. The van der Waals surface area contributed by atoms with Crippen LogP contribution in [0.1, 0.15) is 125 Å². The number of nitrogens with one attached hydrogen (secondary N) is 1. The van der Waals surface area contributed by atoms with Crippen LogP contribution in [0.25, 0.3) is 0 Å². The largest absolute Gasteiger partial charge is 0.480 e. The molecule has 2 atom stereocenters. The predicted octanol–water partition coefficient (Wildman–Crippen LogP) is 7.28. The van der Waals surface area contributed by atoms with Gasteiger partial charge in [0.25, 0.3) is 0 Å². The SMILES string of the molecule is CCCC.CCCCC/C=C\CCCCCCCC(=O)NC(C(=O)O)C(C)CC. The highest BCUT2D eigenvalue weighted by molar-refractivity contribution is 5.83. The molecular weight excluding hydrogens is 362 g/mol. The number of allylic oxidation sites excluding steroid dienone is 2. The van der Waals surface area contributed by atoms with Crippen LogP contribution < -0.4 is 5.32 Å². The molecule has 0 bridgehead atoms. The van der Waals surface area contributed by atoms with Crippen LogP contribution in [0.2, 0.25) is 0 Å². The van der Waals surface area contributed by atoms with E-state index in [9.17, 15) is 14.7 Å². The highest BCUT2D eigenvalue weighted by Crippen LogP contribution is 2.11. The summed E-state index contributed by atoms with van der Waals surface area (Å²) in [6.45, 7) is 10.4. The van der Waals surface area contributed by atoms with Gasteiger partial charge in [0.05, 0.1) is 0 Å². The molecule has 0 aromatic carbocycles. The van der Waals surface area contributed by atoms with Crippen LogP contribution in [0.5, 0.6) is 0 Å². The first-order chi connectivity index (χ1) is 13.9. The van der Waals surface area contributed by atoms with Gasteiger partial charge in [-0.3, -0.25) is 4.79 Å². The van der Waals surface area contributed by atoms with Gasteiger partial charge >= 0.3 is 5.97 Å². The number of carboxylic acids is 1. The van der Waals surface area contributed by atoms with E-state index >= 15 is 0 Å². The lowest BCUT2D eigenvalue weighted by molar-refractivity contribution is -0.143. The van der Waals surface area contributed by atoms with Gasteiger partial charge in [-0.15, -0.1) is 0 Å². The number of carbonyl (C=O) groups excluding carboxylic acids is 1. The Labute approximate surface area is 180 Å². The van der Waals surface area contributed by atoms with Gasteiger partial charge in [0.2, 0.25) is 5.91 Å². The summed E-state index contributed by atoms with van der Waals surface area (Å²) in [4.78, 5) is 23.1. The maximum absolute atomic E-state index is 11.9. The van der Waals surface area contributed by atoms with Gasteiger partial charge in [-0.05, 0) is 38.0 Å². The number of unbranched alkanes of at least 4 members (excludes halogenated alkanes) is 9. The summed E-state index contributed by atoms with van der Waals surface area (Å²) in [6, 6.07) is -0.762. The Bertz CT molecular complexity index is 405. The quantitative estimate of drug-likeness (QED) is 0.195. The maximum Gasteiger partial charge on any atom is 0.326 e. The maximum atomic E-state index is 11.9. The molecule has 172 valence electrons. The monoisotopic (exact) mass is 411 g/mol. The van der Waals surface area contributed by atoms with E-state index < -0.39 is 12.0 Å². The molecule has 0 spiro atoms. The number of carbonyl (C=O) groups is 2. The van der Waals surface area contributed by atoms with Crippen LogP contribution in [0, 0.1) is 5.92 Å². The van der Waals surface area contributed by atoms with E-state index in [1.54, 1.807) is 0 Å². The van der Waals surface area contributed by atoms with Crippen molar-refractivity contribution in [2.75, 3.05) is 0 Å². The summed E-state index contributed by atoms with van der Waals surface area (Å²) < 4.78 is 0. The lowest BCUT2D eigenvalue weighted by Crippen LogP contribution is -2.44. The summed E-state index contributed by atoms with van der Waals surface area (Å²) >= 11 is 0. The number of hydrogen-bond acceptors (Lipinski definition) is 2. The Morgan fingerprint density at radius 2 is 1.31 bits per heavy atom. The van der Waals surface area contributed by atoms with E-state index in [1.165, 1.54) is 51.4 Å². The molecule has 0 rings (SSSR count). The zero-order valence-electron chi connectivity index (χ0n) is 20.0. The topological polar surface area (TPSA) is 66.4 Å². The molecule has 0 aromatic heterocycles. The lowest BCUT2D eigenvalue weighted by atomic mass is 9.99. The second-order valence-corrected chi connectivity index (χ2v) is 8.04. The Hall–Kier alpha value is -1.32. The molecule has 4 nitrogen and oxygen atoms in total. The molecule has 0 aliphatic carbocycles. The summed E-state index contributed by atoms with van der Waals surface area (Å²) in [7, 11) is 0. The number of carboxylic acid groups (broad SMARTS) is 1. The number of amides is 1. The van der Waals surface area contributed by atoms with Crippen molar-refractivity contribution >= 4 is 11.9 Å². The minimum absolute atomic E-state index is 0.0449. The van der Waals surface area contributed by atoms with Crippen molar-refractivity contribution in [3.8, 4) is 0 Å². The molecule has 2 unspecified atom stereocenters. The fraction of sp³-hybridized carbons (Fsp3) is 0.840. The van der Waals surface area contributed by atoms with Gasteiger partial charge < -0.3 is 10.4 Å². The van der Waals surface area contributed by atoms with Crippen LogP contribution in [0.15, 0.2) is 12.2 Å². The van der Waals surface area contributed by atoms with E-state index in [-0.39, 0.29) is 11.8 Å². The van der Waals surface area contributed by atoms with E-state index in [0.717, 1.165) is 32.1 Å². The standard InChI is InChI=1S/C21H39NO3.C4H10/c1-4-6-7-8-9-10-11-12-13-14-15-16-17-19(23)22-20(21(24)25)18(3)5-2;1-3-4-2/h9-10,18,20H,4-8,11-17H2,1-3H3,(H,22,23)(H,24,25);3-4H2,1-2H3/b10-9-;. The summed E-state index contributed by atoms with van der Waals surface area (Å²) in [6.07, 6.45) is 20.1. The zero-order chi connectivity index (χ0) is 22.3.